The van der Waals surface area contributed by atoms with Crippen molar-refractivity contribution in [1.82, 2.24) is 19.1 Å². The zero-order valence-electron chi connectivity index (χ0n) is 13.3. The second kappa shape index (κ2) is 6.29. The SMILES string of the molecule is CN(C)S(=O)(=O)c1ccccc1N1CCCC(n2cncn2)C1. The summed E-state index contributed by atoms with van der Waals surface area (Å²) in [7, 11) is -0.359. The maximum absolute atomic E-state index is 12.6. The Labute approximate surface area is 136 Å². The molecule has 0 spiro atoms. The molecule has 1 aromatic carbocycles. The van der Waals surface area contributed by atoms with Crippen LogP contribution in [0.1, 0.15) is 18.9 Å². The molecule has 0 N–H and O–H groups in total. The van der Waals surface area contributed by atoms with Gasteiger partial charge in [-0.05, 0) is 25.0 Å². The molecule has 7 nitrogen and oxygen atoms in total. The predicted octanol–water partition coefficient (Wildman–Crippen LogP) is 1.37. The molecule has 0 saturated carbocycles. The highest BCUT2D eigenvalue weighted by molar-refractivity contribution is 7.89. The number of sulfonamides is 1. The first-order chi connectivity index (χ1) is 11.0. The summed E-state index contributed by atoms with van der Waals surface area (Å²) in [6.07, 6.45) is 5.25. The highest BCUT2D eigenvalue weighted by atomic mass is 32.2. The van der Waals surface area contributed by atoms with Gasteiger partial charge >= 0.3 is 0 Å². The van der Waals surface area contributed by atoms with Gasteiger partial charge in [-0.1, -0.05) is 12.1 Å². The summed E-state index contributed by atoms with van der Waals surface area (Å²) < 4.78 is 28.3. The van der Waals surface area contributed by atoms with Crippen molar-refractivity contribution < 1.29 is 8.42 Å². The van der Waals surface area contributed by atoms with Crippen LogP contribution in [0.3, 0.4) is 0 Å². The Morgan fingerprint density at radius 1 is 1.26 bits per heavy atom. The molecule has 1 aliphatic heterocycles. The van der Waals surface area contributed by atoms with Crippen LogP contribution in [0.5, 0.6) is 0 Å². The van der Waals surface area contributed by atoms with Gasteiger partial charge in [0.1, 0.15) is 17.6 Å². The van der Waals surface area contributed by atoms with Crippen LogP contribution in [0.25, 0.3) is 0 Å². The molecule has 23 heavy (non-hydrogen) atoms. The van der Waals surface area contributed by atoms with Crippen LogP contribution >= 0.6 is 0 Å². The number of aromatic nitrogens is 3. The van der Waals surface area contributed by atoms with Gasteiger partial charge < -0.3 is 4.90 Å². The van der Waals surface area contributed by atoms with Crippen LogP contribution in [-0.2, 0) is 10.0 Å². The largest absolute Gasteiger partial charge is 0.368 e. The summed E-state index contributed by atoms with van der Waals surface area (Å²) >= 11 is 0. The summed E-state index contributed by atoms with van der Waals surface area (Å²) in [4.78, 5) is 6.49. The van der Waals surface area contributed by atoms with Gasteiger partial charge in [-0.15, -0.1) is 0 Å². The predicted molar refractivity (Wildman–Crippen MR) is 87.8 cm³/mol. The first kappa shape index (κ1) is 15.9. The molecule has 2 aromatic rings. The van der Waals surface area contributed by atoms with E-state index in [9.17, 15) is 8.42 Å². The third kappa shape index (κ3) is 3.09. The molecule has 0 bridgehead atoms. The Kier molecular flexibility index (Phi) is 4.36. The average molecular weight is 335 g/mol. The molecule has 3 rings (SSSR count). The standard InChI is InChI=1S/C15H21N5O2S/c1-18(2)23(21,22)15-8-4-3-7-14(15)19-9-5-6-13(10-19)20-12-16-11-17-20/h3-4,7-8,11-13H,5-6,9-10H2,1-2H3. The van der Waals surface area contributed by atoms with E-state index in [-0.39, 0.29) is 6.04 Å². The Bertz CT molecular complexity index is 758. The smallest absolute Gasteiger partial charge is 0.244 e. The second-order valence-corrected chi connectivity index (χ2v) is 7.99. The van der Waals surface area contributed by atoms with E-state index in [1.54, 1.807) is 32.6 Å². The summed E-state index contributed by atoms with van der Waals surface area (Å²) in [5, 5.41) is 4.22. The fourth-order valence-electron chi connectivity index (χ4n) is 2.93. The second-order valence-electron chi connectivity index (χ2n) is 5.87. The van der Waals surface area contributed by atoms with Crippen LogP contribution in [0.15, 0.2) is 41.8 Å². The van der Waals surface area contributed by atoms with Crippen molar-refractivity contribution in [3.8, 4) is 0 Å². The molecule has 0 aliphatic carbocycles. The fraction of sp³-hybridized carbons (Fsp3) is 0.467. The van der Waals surface area contributed by atoms with Crippen molar-refractivity contribution in [3.05, 3.63) is 36.9 Å². The van der Waals surface area contributed by atoms with Crippen molar-refractivity contribution >= 4 is 15.7 Å². The van der Waals surface area contributed by atoms with E-state index in [1.807, 2.05) is 16.8 Å². The Hall–Kier alpha value is -1.93. The molecule has 0 radical (unpaired) electrons. The first-order valence-electron chi connectivity index (χ1n) is 7.61. The van der Waals surface area contributed by atoms with Crippen molar-refractivity contribution in [2.75, 3.05) is 32.1 Å². The maximum atomic E-state index is 12.6. The topological polar surface area (TPSA) is 71.3 Å². The number of nitrogens with zero attached hydrogens (tertiary/aromatic N) is 5. The van der Waals surface area contributed by atoms with Crippen molar-refractivity contribution in [3.63, 3.8) is 0 Å². The number of anilines is 1. The van der Waals surface area contributed by atoms with E-state index in [1.165, 1.54) is 10.6 Å². The van der Waals surface area contributed by atoms with Gasteiger partial charge in [-0.3, -0.25) is 0 Å². The van der Waals surface area contributed by atoms with Crippen LogP contribution in [0.2, 0.25) is 0 Å². The van der Waals surface area contributed by atoms with Crippen molar-refractivity contribution in [2.45, 2.75) is 23.8 Å². The zero-order valence-corrected chi connectivity index (χ0v) is 14.1. The molecule has 1 aromatic heterocycles. The fourth-order valence-corrected chi connectivity index (χ4v) is 4.03. The van der Waals surface area contributed by atoms with Gasteiger partial charge in [-0.2, -0.15) is 5.10 Å². The number of benzene rings is 1. The summed E-state index contributed by atoms with van der Waals surface area (Å²) in [6, 6.07) is 7.40. The van der Waals surface area contributed by atoms with Gasteiger partial charge in [0.2, 0.25) is 10.0 Å². The monoisotopic (exact) mass is 335 g/mol. The quantitative estimate of drug-likeness (QED) is 0.844. The van der Waals surface area contributed by atoms with Crippen LogP contribution in [0.4, 0.5) is 5.69 Å². The lowest BCUT2D eigenvalue weighted by Crippen LogP contribution is -2.38. The van der Waals surface area contributed by atoms with Gasteiger partial charge in [-0.25, -0.2) is 22.4 Å². The summed E-state index contributed by atoms with van der Waals surface area (Å²) in [5.74, 6) is 0. The van der Waals surface area contributed by atoms with Crippen LogP contribution in [0, 0.1) is 0 Å². The number of hydrogen-bond acceptors (Lipinski definition) is 5. The average Bonchev–Trinajstić information content (AvgIpc) is 3.09. The normalized spacial score (nSPS) is 19.3. The van der Waals surface area contributed by atoms with Gasteiger partial charge in [0.15, 0.2) is 0 Å². The molecule has 1 atom stereocenters. The minimum Gasteiger partial charge on any atom is -0.368 e. The molecule has 2 heterocycles. The molecule has 1 aliphatic rings. The minimum atomic E-state index is -3.47. The van der Waals surface area contributed by atoms with E-state index < -0.39 is 10.0 Å². The van der Waals surface area contributed by atoms with Gasteiger partial charge in [0, 0.05) is 27.2 Å². The van der Waals surface area contributed by atoms with E-state index in [4.69, 9.17) is 0 Å². The van der Waals surface area contributed by atoms with E-state index in [2.05, 4.69) is 15.0 Å². The van der Waals surface area contributed by atoms with Gasteiger partial charge in [0.25, 0.3) is 0 Å². The number of piperidine rings is 1. The van der Waals surface area contributed by atoms with Crippen LogP contribution < -0.4 is 4.90 Å². The lowest BCUT2D eigenvalue weighted by molar-refractivity contribution is 0.374. The highest BCUT2D eigenvalue weighted by Crippen LogP contribution is 2.31. The lowest BCUT2D eigenvalue weighted by atomic mass is 10.1. The van der Waals surface area contributed by atoms with E-state index in [0.717, 1.165) is 31.6 Å². The van der Waals surface area contributed by atoms with E-state index >= 15 is 0 Å². The zero-order chi connectivity index (χ0) is 16.4. The van der Waals surface area contributed by atoms with Crippen molar-refractivity contribution in [2.24, 2.45) is 0 Å². The Morgan fingerprint density at radius 3 is 2.74 bits per heavy atom. The van der Waals surface area contributed by atoms with Crippen molar-refractivity contribution in [1.29, 1.82) is 0 Å². The molecule has 1 fully saturated rings. The lowest BCUT2D eigenvalue weighted by Gasteiger charge is -2.35. The molecule has 1 saturated heterocycles. The third-order valence-corrected chi connectivity index (χ3v) is 6.03. The molecule has 1 unspecified atom stereocenters. The van der Waals surface area contributed by atoms with Gasteiger partial charge in [0.05, 0.1) is 11.7 Å². The Balaban J connectivity index is 1.93. The third-order valence-electron chi connectivity index (χ3n) is 4.17. The molecule has 0 amide bonds. The summed E-state index contributed by atoms with van der Waals surface area (Å²) in [5.41, 5.74) is 0.756. The minimum absolute atomic E-state index is 0.210. The highest BCUT2D eigenvalue weighted by Gasteiger charge is 2.27. The number of rotatable bonds is 4. The first-order valence-corrected chi connectivity index (χ1v) is 9.05. The number of para-hydroxylation sites is 1. The maximum Gasteiger partial charge on any atom is 0.244 e. The Morgan fingerprint density at radius 2 is 2.04 bits per heavy atom. The molecule has 8 heteroatoms. The molecular formula is C15H21N5O2S. The van der Waals surface area contributed by atoms with Crippen LogP contribution in [-0.4, -0.2) is 54.7 Å². The number of hydrogen-bond donors (Lipinski definition) is 0. The molecular weight excluding hydrogens is 314 g/mol. The van der Waals surface area contributed by atoms with E-state index in [0.29, 0.717) is 4.90 Å². The summed E-state index contributed by atoms with van der Waals surface area (Å²) in [6.45, 7) is 1.56. The molecule has 124 valence electrons.